The van der Waals surface area contributed by atoms with E-state index in [1.165, 1.54) is 19.2 Å². The van der Waals surface area contributed by atoms with Crippen LogP contribution in [0.5, 0.6) is 11.5 Å². The van der Waals surface area contributed by atoms with E-state index < -0.39 is 23.8 Å². The number of dihydropyridines is 1. The van der Waals surface area contributed by atoms with E-state index in [0.717, 1.165) is 0 Å². The molecule has 1 aliphatic carbocycles. The van der Waals surface area contributed by atoms with Crippen LogP contribution in [0, 0.1) is 11.8 Å². The summed E-state index contributed by atoms with van der Waals surface area (Å²) in [4.78, 5) is 39.5. The second-order valence-corrected chi connectivity index (χ2v) is 8.92. The molecule has 0 aromatic heterocycles. The number of hydrogen-bond donors (Lipinski definition) is 2. The topological polar surface area (TPSA) is 111 Å². The van der Waals surface area contributed by atoms with Gasteiger partial charge in [-0.1, -0.05) is 37.3 Å². The van der Waals surface area contributed by atoms with Crippen molar-refractivity contribution in [1.82, 2.24) is 5.32 Å². The van der Waals surface area contributed by atoms with E-state index in [0.29, 0.717) is 34.7 Å². The molecular formula is C28H29NO7. The first-order valence-corrected chi connectivity index (χ1v) is 11.8. The van der Waals surface area contributed by atoms with Gasteiger partial charge in [0.05, 0.1) is 12.7 Å². The lowest BCUT2D eigenvalue weighted by Crippen LogP contribution is -2.43. The van der Waals surface area contributed by atoms with Crippen LogP contribution in [0.3, 0.4) is 0 Å². The Morgan fingerprint density at radius 3 is 2.42 bits per heavy atom. The van der Waals surface area contributed by atoms with Crippen molar-refractivity contribution in [3.8, 4) is 11.5 Å². The lowest BCUT2D eigenvalue weighted by Gasteiger charge is -2.38. The fraction of sp³-hybridized carbons (Fsp3) is 0.321. The molecule has 4 rings (SSSR count). The molecule has 8 nitrogen and oxygen atoms in total. The number of carbonyl (C=O) groups is 3. The smallest absolute Gasteiger partial charge is 0.336 e. The van der Waals surface area contributed by atoms with Gasteiger partial charge in [-0.15, -0.1) is 0 Å². The number of nitrogens with one attached hydrogen (secondary N) is 1. The van der Waals surface area contributed by atoms with Gasteiger partial charge in [0.25, 0.3) is 0 Å². The zero-order chi connectivity index (χ0) is 25.8. The number of aromatic hydroxyl groups is 1. The maximum absolute atomic E-state index is 13.7. The Labute approximate surface area is 209 Å². The number of ether oxygens (including phenoxy) is 3. The molecule has 0 fully saturated rings. The highest BCUT2D eigenvalue weighted by Gasteiger charge is 2.47. The molecule has 0 spiro atoms. The predicted molar refractivity (Wildman–Crippen MR) is 131 cm³/mol. The van der Waals surface area contributed by atoms with Crippen LogP contribution in [0.15, 0.2) is 77.1 Å². The Kier molecular flexibility index (Phi) is 7.43. The lowest BCUT2D eigenvalue weighted by atomic mass is 9.69. The fourth-order valence-corrected chi connectivity index (χ4v) is 4.84. The average Bonchev–Trinajstić information content (AvgIpc) is 2.86. The molecule has 2 N–H and O–H groups in total. The van der Waals surface area contributed by atoms with Gasteiger partial charge in [-0.25, -0.2) is 4.79 Å². The fourth-order valence-electron chi connectivity index (χ4n) is 4.84. The number of benzene rings is 2. The van der Waals surface area contributed by atoms with Gasteiger partial charge in [0.2, 0.25) is 0 Å². The van der Waals surface area contributed by atoms with Crippen LogP contribution in [0.4, 0.5) is 0 Å². The summed E-state index contributed by atoms with van der Waals surface area (Å²) in [6, 6.07) is 15.5. The van der Waals surface area contributed by atoms with E-state index in [1.807, 2.05) is 37.3 Å². The number of hydrogen-bond acceptors (Lipinski definition) is 8. The lowest BCUT2D eigenvalue weighted by molar-refractivity contribution is -0.151. The van der Waals surface area contributed by atoms with Gasteiger partial charge in [-0.05, 0) is 49.1 Å². The zero-order valence-corrected chi connectivity index (χ0v) is 20.4. The van der Waals surface area contributed by atoms with Crippen molar-refractivity contribution < 1.29 is 33.7 Å². The molecule has 8 heteroatoms. The molecule has 2 aliphatic rings. The van der Waals surface area contributed by atoms with Crippen molar-refractivity contribution in [2.45, 2.75) is 26.2 Å². The third-order valence-corrected chi connectivity index (χ3v) is 6.52. The molecule has 0 radical (unpaired) electrons. The van der Waals surface area contributed by atoms with Crippen molar-refractivity contribution in [2.75, 3.05) is 20.3 Å². The number of rotatable bonds is 7. The summed E-state index contributed by atoms with van der Waals surface area (Å²) < 4.78 is 16.1. The molecule has 188 valence electrons. The molecule has 3 atom stereocenters. The number of methoxy groups -OCH3 is 1. The van der Waals surface area contributed by atoms with Crippen LogP contribution in [0.1, 0.15) is 31.7 Å². The van der Waals surface area contributed by atoms with Crippen molar-refractivity contribution in [1.29, 1.82) is 0 Å². The monoisotopic (exact) mass is 491 g/mol. The molecule has 0 unspecified atom stereocenters. The third-order valence-electron chi connectivity index (χ3n) is 6.52. The molecule has 0 saturated carbocycles. The minimum absolute atomic E-state index is 0.00841. The van der Waals surface area contributed by atoms with Gasteiger partial charge in [-0.2, -0.15) is 0 Å². The number of carbonyl (C=O) groups excluding carboxylic acids is 3. The predicted octanol–water partition coefficient (Wildman–Crippen LogP) is 3.63. The minimum Gasteiger partial charge on any atom is -0.508 e. The summed E-state index contributed by atoms with van der Waals surface area (Å²) in [5.74, 6) is -2.86. The van der Waals surface area contributed by atoms with Gasteiger partial charge in [0.15, 0.2) is 5.78 Å². The minimum atomic E-state index is -0.967. The van der Waals surface area contributed by atoms with Crippen molar-refractivity contribution in [3.05, 3.63) is 82.7 Å². The van der Waals surface area contributed by atoms with Crippen LogP contribution in [0.2, 0.25) is 0 Å². The van der Waals surface area contributed by atoms with Gasteiger partial charge >= 0.3 is 11.9 Å². The summed E-state index contributed by atoms with van der Waals surface area (Å²) in [5, 5.41) is 13.0. The third kappa shape index (κ3) is 4.98. The van der Waals surface area contributed by atoms with Crippen LogP contribution in [-0.4, -0.2) is 43.2 Å². The maximum Gasteiger partial charge on any atom is 0.336 e. The number of phenolic OH excluding ortho intramolecular Hbond substituents is 1. The summed E-state index contributed by atoms with van der Waals surface area (Å²) in [6.07, 6.45) is 0.444. The maximum atomic E-state index is 13.7. The molecule has 2 aromatic rings. The molecule has 1 heterocycles. The van der Waals surface area contributed by atoms with E-state index in [-0.39, 0.29) is 36.2 Å². The molecular weight excluding hydrogens is 462 g/mol. The first-order chi connectivity index (χ1) is 17.3. The molecule has 1 aliphatic heterocycles. The van der Waals surface area contributed by atoms with Crippen LogP contribution < -0.4 is 10.1 Å². The summed E-state index contributed by atoms with van der Waals surface area (Å²) in [7, 11) is 1.26. The average molecular weight is 492 g/mol. The van der Waals surface area contributed by atoms with Crippen molar-refractivity contribution in [2.24, 2.45) is 11.8 Å². The Hall–Kier alpha value is -4.07. The second-order valence-electron chi connectivity index (χ2n) is 8.92. The zero-order valence-electron chi connectivity index (χ0n) is 20.4. The Balaban J connectivity index is 1.63. The summed E-state index contributed by atoms with van der Waals surface area (Å²) in [6.45, 7) is 3.76. The Morgan fingerprint density at radius 1 is 1.06 bits per heavy atom. The Bertz CT molecular complexity index is 1210. The van der Waals surface area contributed by atoms with E-state index in [2.05, 4.69) is 5.32 Å². The molecule has 0 bridgehead atoms. The summed E-state index contributed by atoms with van der Waals surface area (Å²) >= 11 is 0. The second kappa shape index (κ2) is 10.7. The summed E-state index contributed by atoms with van der Waals surface area (Å²) in [5.41, 5.74) is 2.47. The van der Waals surface area contributed by atoms with E-state index >= 15 is 0 Å². The molecule has 0 saturated heterocycles. The number of phenols is 1. The number of para-hydroxylation sites is 1. The van der Waals surface area contributed by atoms with Crippen LogP contribution in [-0.2, 0) is 23.9 Å². The number of Topliss-reactive ketones (excluding diaryl/α,β-unsaturated/α-hetero) is 1. The normalized spacial score (nSPS) is 21.4. The van der Waals surface area contributed by atoms with Gasteiger partial charge in [-0.3, -0.25) is 9.59 Å². The standard InChI is InChI=1S/C28H29NO7/c1-16-15-21-25(26(31)22(16)27(32)34-3)24(18-9-11-19(30)12-10-18)23(17(2)29-21)28(33)36-14-13-35-20-7-5-4-6-8-20/h4-12,16,22,24,29-30H,13-15H2,1-3H3/t16-,22+,24-/m1/s1. The highest BCUT2D eigenvalue weighted by atomic mass is 16.6. The largest absolute Gasteiger partial charge is 0.508 e. The van der Waals surface area contributed by atoms with Crippen molar-refractivity contribution in [3.63, 3.8) is 0 Å². The van der Waals surface area contributed by atoms with Gasteiger partial charge in [0, 0.05) is 22.9 Å². The molecule has 36 heavy (non-hydrogen) atoms. The molecule has 0 amide bonds. The van der Waals surface area contributed by atoms with Gasteiger partial charge < -0.3 is 24.6 Å². The SMILES string of the molecule is COC(=O)[C@@H]1C(=O)C2=C(C[C@H]1C)NC(C)=C(C(=O)OCCOc1ccccc1)[C@H]2c1ccc(O)cc1. The highest BCUT2D eigenvalue weighted by molar-refractivity contribution is 6.12. The highest BCUT2D eigenvalue weighted by Crippen LogP contribution is 2.45. The van der Waals surface area contributed by atoms with Gasteiger partial charge in [0.1, 0.15) is 30.6 Å². The first kappa shape index (κ1) is 25.0. The van der Waals surface area contributed by atoms with E-state index in [9.17, 15) is 19.5 Å². The van der Waals surface area contributed by atoms with Crippen LogP contribution >= 0.6 is 0 Å². The van der Waals surface area contributed by atoms with E-state index in [1.54, 1.807) is 19.1 Å². The number of ketones is 1. The Morgan fingerprint density at radius 2 is 1.75 bits per heavy atom. The molecule has 2 aromatic carbocycles. The number of esters is 2. The first-order valence-electron chi connectivity index (χ1n) is 11.8. The van der Waals surface area contributed by atoms with Crippen molar-refractivity contribution >= 4 is 17.7 Å². The van der Waals surface area contributed by atoms with Crippen LogP contribution in [0.25, 0.3) is 0 Å². The van der Waals surface area contributed by atoms with E-state index in [4.69, 9.17) is 14.2 Å². The number of allylic oxidation sites excluding steroid dienone is 3. The quantitative estimate of drug-likeness (QED) is 0.343.